The Morgan fingerprint density at radius 2 is 2.07 bits per heavy atom. The SMILES string of the molecule is CN1C(=O)N(CCN)CC1C1CCCC1. The van der Waals surface area contributed by atoms with Gasteiger partial charge in [0, 0.05) is 26.7 Å². The molecule has 2 aliphatic rings. The molecule has 2 rings (SSSR count). The standard InChI is InChI=1S/C11H21N3O/c1-13-10(9-4-2-3-5-9)8-14(7-6-12)11(13)15/h9-10H,2-8,12H2,1H3. The Kier molecular flexibility index (Phi) is 3.14. The Balaban J connectivity index is 1.99. The van der Waals surface area contributed by atoms with Gasteiger partial charge in [-0.05, 0) is 18.8 Å². The summed E-state index contributed by atoms with van der Waals surface area (Å²) in [5.74, 6) is 0.724. The van der Waals surface area contributed by atoms with Gasteiger partial charge in [-0.1, -0.05) is 12.8 Å². The first-order valence-corrected chi connectivity index (χ1v) is 5.96. The highest BCUT2D eigenvalue weighted by Gasteiger charge is 2.39. The Morgan fingerprint density at radius 3 is 2.67 bits per heavy atom. The number of urea groups is 1. The largest absolute Gasteiger partial charge is 0.329 e. The molecule has 0 aromatic carbocycles. The van der Waals surface area contributed by atoms with E-state index in [1.54, 1.807) is 0 Å². The van der Waals surface area contributed by atoms with E-state index in [0.717, 1.165) is 12.5 Å². The van der Waals surface area contributed by atoms with Gasteiger partial charge in [-0.15, -0.1) is 0 Å². The van der Waals surface area contributed by atoms with Crippen molar-refractivity contribution in [3.8, 4) is 0 Å². The van der Waals surface area contributed by atoms with Crippen LogP contribution in [0.3, 0.4) is 0 Å². The third-order valence-electron chi connectivity index (χ3n) is 3.82. The summed E-state index contributed by atoms with van der Waals surface area (Å²) in [6, 6.07) is 0.601. The molecular weight excluding hydrogens is 190 g/mol. The summed E-state index contributed by atoms with van der Waals surface area (Å²) < 4.78 is 0. The van der Waals surface area contributed by atoms with Gasteiger partial charge in [-0.2, -0.15) is 0 Å². The van der Waals surface area contributed by atoms with E-state index >= 15 is 0 Å². The topological polar surface area (TPSA) is 49.6 Å². The zero-order chi connectivity index (χ0) is 10.8. The van der Waals surface area contributed by atoms with Gasteiger partial charge in [0.15, 0.2) is 0 Å². The third kappa shape index (κ3) is 1.95. The highest BCUT2D eigenvalue weighted by atomic mass is 16.2. The Labute approximate surface area is 91.4 Å². The van der Waals surface area contributed by atoms with Crippen molar-refractivity contribution >= 4 is 6.03 Å². The lowest BCUT2D eigenvalue weighted by atomic mass is 9.98. The fourth-order valence-electron chi connectivity index (χ4n) is 2.94. The van der Waals surface area contributed by atoms with Gasteiger partial charge in [0.05, 0.1) is 6.04 Å². The van der Waals surface area contributed by atoms with Crippen LogP contribution < -0.4 is 5.73 Å². The molecule has 4 nitrogen and oxygen atoms in total. The average molecular weight is 211 g/mol. The van der Waals surface area contributed by atoms with E-state index in [4.69, 9.17) is 5.73 Å². The van der Waals surface area contributed by atoms with Crippen LogP contribution in [-0.4, -0.2) is 48.6 Å². The fourth-order valence-corrected chi connectivity index (χ4v) is 2.94. The molecule has 2 fully saturated rings. The first-order chi connectivity index (χ1) is 7.24. The van der Waals surface area contributed by atoms with Crippen molar-refractivity contribution in [1.29, 1.82) is 0 Å². The van der Waals surface area contributed by atoms with Crippen molar-refractivity contribution in [2.24, 2.45) is 11.7 Å². The minimum absolute atomic E-state index is 0.164. The van der Waals surface area contributed by atoms with Crippen molar-refractivity contribution < 1.29 is 4.79 Å². The molecule has 15 heavy (non-hydrogen) atoms. The van der Waals surface area contributed by atoms with Gasteiger partial charge in [0.2, 0.25) is 0 Å². The van der Waals surface area contributed by atoms with Gasteiger partial charge in [-0.3, -0.25) is 0 Å². The smallest absolute Gasteiger partial charge is 0.320 e. The second kappa shape index (κ2) is 4.39. The lowest BCUT2D eigenvalue weighted by Gasteiger charge is -2.23. The molecule has 0 bridgehead atoms. The second-order valence-corrected chi connectivity index (χ2v) is 4.74. The Hall–Kier alpha value is -0.770. The summed E-state index contributed by atoms with van der Waals surface area (Å²) in [5, 5.41) is 0. The molecule has 2 amide bonds. The van der Waals surface area contributed by atoms with E-state index in [2.05, 4.69) is 0 Å². The van der Waals surface area contributed by atoms with Crippen LogP contribution in [0.4, 0.5) is 4.79 Å². The van der Waals surface area contributed by atoms with Gasteiger partial charge >= 0.3 is 6.03 Å². The Morgan fingerprint density at radius 1 is 1.40 bits per heavy atom. The van der Waals surface area contributed by atoms with Crippen LogP contribution in [0.5, 0.6) is 0 Å². The Bertz CT molecular complexity index is 238. The van der Waals surface area contributed by atoms with Crippen LogP contribution in [0.1, 0.15) is 25.7 Å². The molecule has 86 valence electrons. The highest BCUT2D eigenvalue weighted by molar-refractivity contribution is 5.77. The molecule has 1 aliphatic heterocycles. The first kappa shape index (κ1) is 10.7. The van der Waals surface area contributed by atoms with E-state index in [9.17, 15) is 4.79 Å². The van der Waals surface area contributed by atoms with Gasteiger partial charge in [-0.25, -0.2) is 4.79 Å². The van der Waals surface area contributed by atoms with Crippen LogP contribution in [0.25, 0.3) is 0 Å². The van der Waals surface area contributed by atoms with Crippen molar-refractivity contribution in [2.45, 2.75) is 31.7 Å². The van der Waals surface area contributed by atoms with E-state index in [-0.39, 0.29) is 6.03 Å². The molecule has 4 heteroatoms. The number of hydrogen-bond acceptors (Lipinski definition) is 2. The van der Waals surface area contributed by atoms with Crippen molar-refractivity contribution in [2.75, 3.05) is 26.7 Å². The summed E-state index contributed by atoms with van der Waals surface area (Å²) in [6.07, 6.45) is 5.25. The molecule has 1 heterocycles. The number of nitrogens with two attached hydrogens (primary N) is 1. The number of nitrogens with zero attached hydrogens (tertiary/aromatic N) is 2. The van der Waals surface area contributed by atoms with Crippen molar-refractivity contribution in [3.05, 3.63) is 0 Å². The zero-order valence-corrected chi connectivity index (χ0v) is 9.48. The van der Waals surface area contributed by atoms with Crippen LogP contribution in [-0.2, 0) is 0 Å². The van der Waals surface area contributed by atoms with E-state index in [1.165, 1.54) is 25.7 Å². The molecule has 0 radical (unpaired) electrons. The normalized spacial score (nSPS) is 28.1. The monoisotopic (exact) mass is 211 g/mol. The number of carbonyl (C=O) groups excluding carboxylic acids is 1. The maximum absolute atomic E-state index is 11.9. The molecule has 1 saturated carbocycles. The number of amides is 2. The van der Waals surface area contributed by atoms with Crippen molar-refractivity contribution in [3.63, 3.8) is 0 Å². The lowest BCUT2D eigenvalue weighted by molar-refractivity contribution is 0.190. The van der Waals surface area contributed by atoms with Gasteiger partial charge in [0.25, 0.3) is 0 Å². The quantitative estimate of drug-likeness (QED) is 0.753. The zero-order valence-electron chi connectivity index (χ0n) is 9.48. The molecule has 1 saturated heterocycles. The lowest BCUT2D eigenvalue weighted by Crippen LogP contribution is -2.35. The maximum atomic E-state index is 11.9. The third-order valence-corrected chi connectivity index (χ3v) is 3.82. The maximum Gasteiger partial charge on any atom is 0.320 e. The first-order valence-electron chi connectivity index (χ1n) is 5.96. The number of rotatable bonds is 3. The fraction of sp³-hybridized carbons (Fsp3) is 0.909. The van der Waals surface area contributed by atoms with Gasteiger partial charge < -0.3 is 15.5 Å². The highest BCUT2D eigenvalue weighted by Crippen LogP contribution is 2.33. The molecule has 0 spiro atoms. The summed E-state index contributed by atoms with van der Waals surface area (Å²) >= 11 is 0. The van der Waals surface area contributed by atoms with E-state index in [1.807, 2.05) is 16.8 Å². The molecule has 1 unspecified atom stereocenters. The minimum atomic E-state index is 0.164. The number of likely N-dealkylation sites (N-methyl/N-ethyl adjacent to an activating group) is 1. The second-order valence-electron chi connectivity index (χ2n) is 4.74. The van der Waals surface area contributed by atoms with E-state index in [0.29, 0.717) is 19.1 Å². The summed E-state index contributed by atoms with van der Waals surface area (Å²) in [5.41, 5.74) is 5.50. The van der Waals surface area contributed by atoms with Crippen LogP contribution in [0.15, 0.2) is 0 Å². The average Bonchev–Trinajstić information content (AvgIpc) is 2.82. The molecular formula is C11H21N3O. The summed E-state index contributed by atoms with van der Waals surface area (Å²) in [4.78, 5) is 15.7. The van der Waals surface area contributed by atoms with Gasteiger partial charge in [0.1, 0.15) is 0 Å². The number of hydrogen-bond donors (Lipinski definition) is 1. The van der Waals surface area contributed by atoms with Crippen LogP contribution in [0, 0.1) is 5.92 Å². The molecule has 0 aromatic rings. The number of carbonyl (C=O) groups is 1. The summed E-state index contributed by atoms with van der Waals surface area (Å²) in [7, 11) is 1.93. The molecule has 1 aliphatic carbocycles. The van der Waals surface area contributed by atoms with Crippen molar-refractivity contribution in [1.82, 2.24) is 9.80 Å². The van der Waals surface area contributed by atoms with E-state index < -0.39 is 0 Å². The van der Waals surface area contributed by atoms with Crippen LogP contribution in [0.2, 0.25) is 0 Å². The van der Waals surface area contributed by atoms with Crippen LogP contribution >= 0.6 is 0 Å². The predicted molar refractivity (Wildman–Crippen MR) is 59.5 cm³/mol. The molecule has 1 atom stereocenters. The predicted octanol–water partition coefficient (Wildman–Crippen LogP) is 0.871. The summed E-state index contributed by atoms with van der Waals surface area (Å²) in [6.45, 7) is 2.15. The minimum Gasteiger partial charge on any atom is -0.329 e. The molecule has 0 aromatic heterocycles. The molecule has 2 N–H and O–H groups in total.